The molecular weight excluding hydrogens is 441 g/mol. The van der Waals surface area contributed by atoms with Crippen molar-refractivity contribution < 1.29 is 35.9 Å². The Morgan fingerprint density at radius 3 is 1.29 bits per heavy atom. The average molecular weight is 445 g/mol. The molecule has 0 N–H and O–H groups in total. The Bertz CT molecular complexity index is 903. The third kappa shape index (κ3) is 3.33. The average Bonchev–Trinajstić information content (AvgIpc) is 2.56. The molecule has 3 heterocycles. The molecule has 1 saturated heterocycles. The smallest absolute Gasteiger partial charge is 0.246 e. The lowest BCUT2D eigenvalue weighted by molar-refractivity contribution is -0.138. The summed E-state index contributed by atoms with van der Waals surface area (Å²) >= 11 is 11.4. The molecule has 1 aliphatic heterocycles. The minimum atomic E-state index is -4.75. The van der Waals surface area contributed by atoms with Crippen molar-refractivity contribution in [2.24, 2.45) is 0 Å². The van der Waals surface area contributed by atoms with E-state index in [1.165, 1.54) is 0 Å². The number of aromatic nitrogens is 2. The molecule has 28 heavy (non-hydrogen) atoms. The lowest BCUT2D eigenvalue weighted by atomic mass is 10.2. The van der Waals surface area contributed by atoms with Crippen LogP contribution in [-0.2, 0) is 12.4 Å². The number of anilines is 2. The Morgan fingerprint density at radius 1 is 0.714 bits per heavy atom. The maximum Gasteiger partial charge on any atom is 0.417 e. The van der Waals surface area contributed by atoms with Crippen LogP contribution in [0.1, 0.15) is 11.1 Å². The lowest BCUT2D eigenvalue weighted by Crippen LogP contribution is -2.65. The fourth-order valence-corrected chi connectivity index (χ4v) is 2.68. The number of carbonyl (C=O) groups excluding carboxylic acids is 2. The van der Waals surface area contributed by atoms with E-state index in [4.69, 9.17) is 23.2 Å². The van der Waals surface area contributed by atoms with Gasteiger partial charge in [0.2, 0.25) is 0 Å². The van der Waals surface area contributed by atoms with E-state index in [1.807, 2.05) is 0 Å². The van der Waals surface area contributed by atoms with E-state index in [2.05, 4.69) is 9.97 Å². The second kappa shape index (κ2) is 6.48. The fourth-order valence-electron chi connectivity index (χ4n) is 2.18. The van der Waals surface area contributed by atoms with Crippen LogP contribution in [0.5, 0.6) is 0 Å². The summed E-state index contributed by atoms with van der Waals surface area (Å²) in [7, 11) is 0. The van der Waals surface area contributed by atoms with Gasteiger partial charge >= 0.3 is 24.4 Å². The van der Waals surface area contributed by atoms with Gasteiger partial charge in [-0.2, -0.15) is 36.1 Å². The number of hydrogen-bond donors (Lipinski definition) is 0. The predicted octanol–water partition coefficient (Wildman–Crippen LogP) is 5.39. The number of carbonyl (C=O) groups is 2. The first-order valence-corrected chi connectivity index (χ1v) is 7.71. The SMILES string of the molecule is O=C1N(c2ncc(C(F)(F)F)cc2Cl)C(=O)N1c1ncc(C(F)(F)F)cc1Cl. The van der Waals surface area contributed by atoms with Crippen LogP contribution in [0.4, 0.5) is 47.6 Å². The molecule has 2 aromatic heterocycles. The van der Waals surface area contributed by atoms with Crippen molar-refractivity contribution in [1.82, 2.24) is 9.97 Å². The molecule has 14 heteroatoms. The van der Waals surface area contributed by atoms with E-state index >= 15 is 0 Å². The molecule has 3 rings (SSSR count). The summed E-state index contributed by atoms with van der Waals surface area (Å²) < 4.78 is 75.8. The Hall–Kier alpha value is -2.60. The molecule has 148 valence electrons. The summed E-state index contributed by atoms with van der Waals surface area (Å²) in [6.45, 7) is 0. The number of halogens is 8. The van der Waals surface area contributed by atoms with E-state index in [1.54, 1.807) is 0 Å². The van der Waals surface area contributed by atoms with E-state index < -0.39 is 57.2 Å². The van der Waals surface area contributed by atoms with Crippen LogP contribution in [0.2, 0.25) is 10.0 Å². The van der Waals surface area contributed by atoms with E-state index in [0.717, 1.165) is 0 Å². The van der Waals surface area contributed by atoms with Crippen molar-refractivity contribution in [2.75, 3.05) is 9.80 Å². The minimum Gasteiger partial charge on any atom is -0.246 e. The normalized spacial score (nSPS) is 15.1. The van der Waals surface area contributed by atoms with Gasteiger partial charge in [-0.25, -0.2) is 19.6 Å². The van der Waals surface area contributed by atoms with Crippen LogP contribution in [0.3, 0.4) is 0 Å². The third-order valence-corrected chi connectivity index (χ3v) is 4.04. The van der Waals surface area contributed by atoms with Gasteiger partial charge in [-0.3, -0.25) is 0 Å². The molecule has 0 bridgehead atoms. The van der Waals surface area contributed by atoms with Crippen molar-refractivity contribution in [2.45, 2.75) is 12.4 Å². The quantitative estimate of drug-likeness (QED) is 0.582. The van der Waals surface area contributed by atoms with Crippen LogP contribution in [0.15, 0.2) is 24.5 Å². The van der Waals surface area contributed by atoms with Gasteiger partial charge in [-0.1, -0.05) is 23.2 Å². The van der Waals surface area contributed by atoms with E-state index in [0.29, 0.717) is 34.3 Å². The number of nitrogens with zero attached hydrogens (tertiary/aromatic N) is 4. The summed E-state index contributed by atoms with van der Waals surface area (Å²) in [6.07, 6.45) is -8.76. The van der Waals surface area contributed by atoms with Gasteiger partial charge in [0.1, 0.15) is 0 Å². The number of urea groups is 2. The lowest BCUT2D eigenvalue weighted by Gasteiger charge is -2.37. The molecule has 0 radical (unpaired) electrons. The molecule has 0 saturated carbocycles. The van der Waals surface area contributed by atoms with Crippen LogP contribution in [0, 0.1) is 0 Å². The van der Waals surface area contributed by atoms with Gasteiger partial charge in [-0.15, -0.1) is 0 Å². The summed E-state index contributed by atoms with van der Waals surface area (Å²) in [5.41, 5.74) is -2.41. The van der Waals surface area contributed by atoms with Crippen LogP contribution in [-0.4, -0.2) is 22.0 Å². The summed E-state index contributed by atoms with van der Waals surface area (Å²) in [6, 6.07) is -1.38. The molecule has 0 aromatic carbocycles. The zero-order chi connectivity index (χ0) is 21.0. The maximum atomic E-state index is 12.6. The Morgan fingerprint density at radius 2 is 1.04 bits per heavy atom. The molecule has 1 fully saturated rings. The minimum absolute atomic E-state index is 0.332. The Balaban J connectivity index is 1.90. The second-order valence-electron chi connectivity index (χ2n) is 5.29. The number of alkyl halides is 6. The Kier molecular flexibility index (Phi) is 4.66. The molecule has 2 aromatic rings. The molecule has 0 atom stereocenters. The van der Waals surface area contributed by atoms with Gasteiger partial charge in [-0.05, 0) is 12.1 Å². The molecule has 4 amide bonds. The summed E-state index contributed by atoms with van der Waals surface area (Å²) in [4.78, 5) is 31.9. The standard InChI is InChI=1S/C14H4Cl2F6N4O2/c15-7-1-5(13(17,18)19)3-23-9(7)25-11(27)26(12(25)28)10-8(16)2-6(4-24-10)14(20,21)22/h1-4H. The van der Waals surface area contributed by atoms with Crippen LogP contribution >= 0.6 is 23.2 Å². The first-order chi connectivity index (χ1) is 12.8. The van der Waals surface area contributed by atoms with Crippen molar-refractivity contribution in [1.29, 1.82) is 0 Å². The molecule has 6 nitrogen and oxygen atoms in total. The largest absolute Gasteiger partial charge is 0.417 e. The number of hydrogen-bond acceptors (Lipinski definition) is 4. The zero-order valence-electron chi connectivity index (χ0n) is 12.9. The first kappa shape index (κ1) is 20.1. The maximum absolute atomic E-state index is 12.6. The van der Waals surface area contributed by atoms with E-state index in [-0.39, 0.29) is 0 Å². The third-order valence-electron chi connectivity index (χ3n) is 3.49. The van der Waals surface area contributed by atoms with Crippen LogP contribution < -0.4 is 9.80 Å². The Labute approximate surface area is 161 Å². The highest BCUT2D eigenvalue weighted by atomic mass is 35.5. The van der Waals surface area contributed by atoms with Gasteiger partial charge in [0, 0.05) is 12.4 Å². The highest BCUT2D eigenvalue weighted by Gasteiger charge is 2.49. The summed E-state index contributed by atoms with van der Waals surface area (Å²) in [5, 5.41) is -1.27. The van der Waals surface area contributed by atoms with Gasteiger partial charge in [0.25, 0.3) is 0 Å². The molecule has 0 unspecified atom stereocenters. The van der Waals surface area contributed by atoms with Crippen LogP contribution in [0.25, 0.3) is 0 Å². The summed E-state index contributed by atoms with van der Waals surface area (Å²) in [5.74, 6) is -1.16. The molecule has 1 aliphatic rings. The monoisotopic (exact) mass is 444 g/mol. The molecule has 0 aliphatic carbocycles. The molecule has 0 spiro atoms. The zero-order valence-corrected chi connectivity index (χ0v) is 14.5. The number of rotatable bonds is 2. The number of amides is 4. The number of pyridine rings is 2. The first-order valence-electron chi connectivity index (χ1n) is 6.96. The molecular formula is C14H4Cl2F6N4O2. The number of imide groups is 2. The highest BCUT2D eigenvalue weighted by molar-refractivity contribution is 6.45. The second-order valence-corrected chi connectivity index (χ2v) is 6.10. The van der Waals surface area contributed by atoms with Gasteiger partial charge < -0.3 is 0 Å². The van der Waals surface area contributed by atoms with E-state index in [9.17, 15) is 35.9 Å². The highest BCUT2D eigenvalue weighted by Crippen LogP contribution is 2.39. The van der Waals surface area contributed by atoms with Crippen molar-refractivity contribution in [3.63, 3.8) is 0 Å². The van der Waals surface area contributed by atoms with Crippen molar-refractivity contribution >= 4 is 46.9 Å². The van der Waals surface area contributed by atoms with Crippen molar-refractivity contribution in [3.05, 3.63) is 45.7 Å². The predicted molar refractivity (Wildman–Crippen MR) is 84.2 cm³/mol. The van der Waals surface area contributed by atoms with Gasteiger partial charge in [0.15, 0.2) is 11.6 Å². The van der Waals surface area contributed by atoms with Crippen molar-refractivity contribution in [3.8, 4) is 0 Å². The fraction of sp³-hybridized carbons (Fsp3) is 0.143. The topological polar surface area (TPSA) is 66.4 Å². The van der Waals surface area contributed by atoms with Gasteiger partial charge in [0.05, 0.1) is 21.2 Å².